The van der Waals surface area contributed by atoms with Crippen LogP contribution in [0.25, 0.3) is 5.57 Å². The van der Waals surface area contributed by atoms with Crippen molar-refractivity contribution in [2.75, 3.05) is 0 Å². The van der Waals surface area contributed by atoms with E-state index >= 15 is 0 Å². The van der Waals surface area contributed by atoms with E-state index in [1.807, 2.05) is 0 Å². The third-order valence-corrected chi connectivity index (χ3v) is 5.16. The maximum Gasteiger partial charge on any atom is 0.0840 e. The average molecular weight is 200 g/mol. The third kappa shape index (κ3) is 1.48. The zero-order valence-corrected chi connectivity index (χ0v) is 10.3. The molecular formula is C13H16Si. The summed E-state index contributed by atoms with van der Waals surface area (Å²) in [5.74, 6) is 0. The second-order valence-electron chi connectivity index (χ2n) is 3.70. The molecule has 0 N–H and O–H groups in total. The van der Waals surface area contributed by atoms with Crippen molar-refractivity contribution >= 4 is 20.3 Å². The fraction of sp³-hybridized carbons (Fsp3) is 0.231. The monoisotopic (exact) mass is 200 g/mol. The van der Waals surface area contributed by atoms with E-state index in [4.69, 9.17) is 0 Å². The summed E-state index contributed by atoms with van der Waals surface area (Å²) in [4.78, 5) is 0. The molecule has 0 amide bonds. The molecule has 14 heavy (non-hydrogen) atoms. The highest BCUT2D eigenvalue weighted by Gasteiger charge is 2.17. The lowest BCUT2D eigenvalue weighted by atomic mass is 10.0. The molecule has 0 spiro atoms. The Labute approximate surface area is 88.2 Å². The van der Waals surface area contributed by atoms with Crippen LogP contribution in [0.3, 0.4) is 0 Å². The van der Waals surface area contributed by atoms with Gasteiger partial charge in [0.25, 0.3) is 0 Å². The Hall–Kier alpha value is -1.08. The molecule has 0 aliphatic carbocycles. The van der Waals surface area contributed by atoms with Crippen LogP contribution in [0, 0.1) is 0 Å². The molecule has 0 saturated carbocycles. The molecule has 72 valence electrons. The van der Waals surface area contributed by atoms with Crippen LogP contribution in [-0.2, 0) is 0 Å². The minimum Gasteiger partial charge on any atom is -0.0871 e. The first-order valence-electron chi connectivity index (χ1n) is 5.29. The van der Waals surface area contributed by atoms with Crippen molar-refractivity contribution in [3.05, 3.63) is 47.2 Å². The highest BCUT2D eigenvalue weighted by atomic mass is 28.2. The van der Waals surface area contributed by atoms with Gasteiger partial charge in [0.15, 0.2) is 0 Å². The normalized spacial score (nSPS) is 17.0. The maximum absolute atomic E-state index is 2.30. The molecule has 0 atom stereocenters. The Balaban J connectivity index is 2.50. The second-order valence-corrected chi connectivity index (χ2v) is 5.67. The topological polar surface area (TPSA) is 0 Å². The summed E-state index contributed by atoms with van der Waals surface area (Å²) in [6, 6.07) is 8.88. The molecule has 0 bridgehead atoms. The number of hydrogen-bond donors (Lipinski definition) is 0. The van der Waals surface area contributed by atoms with E-state index in [0.29, 0.717) is 0 Å². The SMILES string of the molecule is C/C=C\C1=C(CC)[SiH2]c2ccccc21. The Morgan fingerprint density at radius 2 is 2.07 bits per heavy atom. The van der Waals surface area contributed by atoms with Gasteiger partial charge in [0.2, 0.25) is 0 Å². The van der Waals surface area contributed by atoms with Crippen LogP contribution in [0.5, 0.6) is 0 Å². The molecule has 0 unspecified atom stereocenters. The van der Waals surface area contributed by atoms with Crippen LogP contribution < -0.4 is 5.19 Å². The number of benzene rings is 1. The number of fused-ring (bicyclic) bond motifs is 1. The quantitative estimate of drug-likeness (QED) is 0.642. The van der Waals surface area contributed by atoms with E-state index in [1.165, 1.54) is 17.6 Å². The van der Waals surface area contributed by atoms with Gasteiger partial charge >= 0.3 is 0 Å². The fourth-order valence-corrected chi connectivity index (χ4v) is 4.10. The van der Waals surface area contributed by atoms with E-state index in [9.17, 15) is 0 Å². The second kappa shape index (κ2) is 3.97. The predicted molar refractivity (Wildman–Crippen MR) is 66.6 cm³/mol. The molecule has 0 radical (unpaired) electrons. The van der Waals surface area contributed by atoms with Crippen LogP contribution in [-0.4, -0.2) is 9.52 Å². The van der Waals surface area contributed by atoms with Crippen molar-refractivity contribution < 1.29 is 0 Å². The lowest BCUT2D eigenvalue weighted by molar-refractivity contribution is 1.20. The van der Waals surface area contributed by atoms with Gasteiger partial charge in [-0.2, -0.15) is 0 Å². The van der Waals surface area contributed by atoms with Crippen molar-refractivity contribution in [1.29, 1.82) is 0 Å². The summed E-state index contributed by atoms with van der Waals surface area (Å²) < 4.78 is 0. The van der Waals surface area contributed by atoms with Gasteiger partial charge in [-0.15, -0.1) is 0 Å². The minimum atomic E-state index is -0.134. The molecule has 2 rings (SSSR count). The van der Waals surface area contributed by atoms with E-state index in [0.717, 1.165) is 0 Å². The van der Waals surface area contributed by atoms with Gasteiger partial charge in [0.05, 0.1) is 9.52 Å². The van der Waals surface area contributed by atoms with E-state index in [2.05, 4.69) is 50.3 Å². The van der Waals surface area contributed by atoms with Crippen molar-refractivity contribution in [3.8, 4) is 0 Å². The van der Waals surface area contributed by atoms with Gasteiger partial charge in [-0.1, -0.05) is 53.7 Å². The van der Waals surface area contributed by atoms with Gasteiger partial charge in [0, 0.05) is 0 Å². The predicted octanol–water partition coefficient (Wildman–Crippen LogP) is 2.19. The first kappa shape index (κ1) is 9.47. The van der Waals surface area contributed by atoms with Crippen LogP contribution in [0.1, 0.15) is 25.8 Å². The average Bonchev–Trinajstić information content (AvgIpc) is 2.58. The minimum absolute atomic E-state index is 0.134. The highest BCUT2D eigenvalue weighted by Crippen LogP contribution is 2.25. The van der Waals surface area contributed by atoms with E-state index in [1.54, 1.807) is 10.4 Å². The molecule has 0 fully saturated rings. The van der Waals surface area contributed by atoms with E-state index in [-0.39, 0.29) is 9.52 Å². The lowest BCUT2D eigenvalue weighted by Crippen LogP contribution is -2.12. The van der Waals surface area contributed by atoms with Crippen LogP contribution in [0.15, 0.2) is 41.6 Å². The number of allylic oxidation sites excluding steroid dienone is 4. The van der Waals surface area contributed by atoms with Gasteiger partial charge in [0.1, 0.15) is 0 Å². The van der Waals surface area contributed by atoms with Crippen LogP contribution in [0.2, 0.25) is 0 Å². The Bertz CT molecular complexity index is 399. The first-order valence-corrected chi connectivity index (χ1v) is 6.71. The van der Waals surface area contributed by atoms with Crippen molar-refractivity contribution in [2.24, 2.45) is 0 Å². The molecular weight excluding hydrogens is 184 g/mol. The van der Waals surface area contributed by atoms with Crippen LogP contribution >= 0.6 is 0 Å². The zero-order chi connectivity index (χ0) is 9.97. The molecule has 1 aliphatic rings. The van der Waals surface area contributed by atoms with Gasteiger partial charge in [-0.3, -0.25) is 0 Å². The zero-order valence-electron chi connectivity index (χ0n) is 8.88. The molecule has 1 aliphatic heterocycles. The Morgan fingerprint density at radius 1 is 1.29 bits per heavy atom. The Morgan fingerprint density at radius 3 is 2.79 bits per heavy atom. The van der Waals surface area contributed by atoms with Crippen molar-refractivity contribution in [1.82, 2.24) is 0 Å². The lowest BCUT2D eigenvalue weighted by Gasteiger charge is -2.01. The molecule has 0 saturated heterocycles. The summed E-state index contributed by atoms with van der Waals surface area (Å²) in [7, 11) is -0.134. The highest BCUT2D eigenvalue weighted by molar-refractivity contribution is 6.66. The van der Waals surface area contributed by atoms with Gasteiger partial charge < -0.3 is 0 Å². The molecule has 1 aromatic rings. The smallest absolute Gasteiger partial charge is 0.0840 e. The summed E-state index contributed by atoms with van der Waals surface area (Å²) in [6.45, 7) is 4.38. The Kier molecular flexibility index (Phi) is 2.68. The fourth-order valence-electron chi connectivity index (χ4n) is 2.14. The van der Waals surface area contributed by atoms with Gasteiger partial charge in [-0.25, -0.2) is 0 Å². The van der Waals surface area contributed by atoms with Crippen molar-refractivity contribution in [2.45, 2.75) is 20.3 Å². The maximum atomic E-state index is 2.30. The largest absolute Gasteiger partial charge is 0.0871 e. The van der Waals surface area contributed by atoms with Gasteiger partial charge in [-0.05, 0) is 24.5 Å². The first-order chi connectivity index (χ1) is 6.86. The molecule has 1 aromatic carbocycles. The molecule has 0 aromatic heterocycles. The van der Waals surface area contributed by atoms with E-state index < -0.39 is 0 Å². The van der Waals surface area contributed by atoms with Crippen LogP contribution in [0.4, 0.5) is 0 Å². The molecule has 1 heterocycles. The summed E-state index contributed by atoms with van der Waals surface area (Å²) >= 11 is 0. The number of hydrogen-bond acceptors (Lipinski definition) is 0. The summed E-state index contributed by atoms with van der Waals surface area (Å²) in [5.41, 5.74) is 3.01. The molecule has 1 heteroatoms. The number of rotatable bonds is 2. The molecule has 0 nitrogen and oxygen atoms in total. The third-order valence-electron chi connectivity index (χ3n) is 2.85. The summed E-state index contributed by atoms with van der Waals surface area (Å²) in [5, 5.41) is 3.33. The standard InChI is InChI=1S/C13H16Si/c1-3-7-10-11-8-5-6-9-13(11)14-12(10)4-2/h3,5-9H,4,14H2,1-2H3/b7-3-. The summed E-state index contributed by atoms with van der Waals surface area (Å²) in [6.07, 6.45) is 5.65. The van der Waals surface area contributed by atoms with Crippen molar-refractivity contribution in [3.63, 3.8) is 0 Å².